The van der Waals surface area contributed by atoms with Gasteiger partial charge in [-0.2, -0.15) is 0 Å². The number of rotatable bonds is 4. The molecule has 0 radical (unpaired) electrons. The van der Waals surface area contributed by atoms with Gasteiger partial charge >= 0.3 is 0 Å². The maximum Gasteiger partial charge on any atom is 0.222 e. The first-order chi connectivity index (χ1) is 13.0. The number of fused-ring (bicyclic) bond motifs is 1. The van der Waals surface area contributed by atoms with Crippen LogP contribution in [0.1, 0.15) is 30.4 Å². The molecule has 2 aromatic carbocycles. The minimum absolute atomic E-state index is 0.325. The number of hydrogen-bond acceptors (Lipinski definition) is 2. The van der Waals surface area contributed by atoms with Crippen LogP contribution in [0.25, 0.3) is 11.1 Å². The Bertz CT molecular complexity index is 813. The first-order valence-corrected chi connectivity index (χ1v) is 10.1. The van der Waals surface area contributed by atoms with Crippen LogP contribution in [0.15, 0.2) is 48.5 Å². The Labute approximate surface area is 163 Å². The molecule has 3 nitrogen and oxygen atoms in total. The van der Waals surface area contributed by atoms with E-state index >= 15 is 0 Å². The molecule has 3 heteroatoms. The lowest BCUT2D eigenvalue weighted by Crippen LogP contribution is -2.39. The number of aryl methyl sites for hydroxylation is 1. The zero-order valence-electron chi connectivity index (χ0n) is 16.7. The van der Waals surface area contributed by atoms with Gasteiger partial charge in [-0.3, -0.25) is 9.69 Å². The number of piperidine rings is 1. The van der Waals surface area contributed by atoms with Crippen LogP contribution in [0.4, 0.5) is 0 Å². The molecule has 0 spiro atoms. The van der Waals surface area contributed by atoms with Gasteiger partial charge in [0.15, 0.2) is 0 Å². The van der Waals surface area contributed by atoms with Gasteiger partial charge in [0.05, 0.1) is 0 Å². The predicted molar refractivity (Wildman–Crippen MR) is 110 cm³/mol. The molecular formula is C24H30N2O. The van der Waals surface area contributed by atoms with E-state index in [1.807, 2.05) is 11.9 Å². The van der Waals surface area contributed by atoms with Crippen molar-refractivity contribution >= 4 is 5.91 Å². The highest BCUT2D eigenvalue weighted by Crippen LogP contribution is 2.40. The molecule has 1 saturated carbocycles. The summed E-state index contributed by atoms with van der Waals surface area (Å²) in [5.41, 5.74) is 5.27. The summed E-state index contributed by atoms with van der Waals surface area (Å²) in [6, 6.07) is 18.2. The summed E-state index contributed by atoms with van der Waals surface area (Å²) >= 11 is 0. The van der Waals surface area contributed by atoms with Crippen LogP contribution in [-0.2, 0) is 11.3 Å². The van der Waals surface area contributed by atoms with Gasteiger partial charge in [0.1, 0.15) is 0 Å². The van der Waals surface area contributed by atoms with Crippen LogP contribution >= 0.6 is 0 Å². The number of hydrogen-bond donors (Lipinski definition) is 0. The van der Waals surface area contributed by atoms with Crippen molar-refractivity contribution in [3.63, 3.8) is 0 Å². The lowest BCUT2D eigenvalue weighted by Gasteiger charge is -2.31. The largest absolute Gasteiger partial charge is 0.345 e. The minimum atomic E-state index is 0.325. The molecule has 0 unspecified atom stereocenters. The number of amides is 1. The van der Waals surface area contributed by atoms with Gasteiger partial charge in [-0.25, -0.2) is 0 Å². The molecular weight excluding hydrogens is 332 g/mol. The van der Waals surface area contributed by atoms with Crippen molar-refractivity contribution in [1.82, 2.24) is 9.80 Å². The average Bonchev–Trinajstić information content (AvgIpc) is 3.06. The monoisotopic (exact) mass is 362 g/mol. The third-order valence-electron chi connectivity index (χ3n) is 6.65. The first-order valence-electron chi connectivity index (χ1n) is 10.1. The van der Waals surface area contributed by atoms with Crippen molar-refractivity contribution < 1.29 is 4.79 Å². The fourth-order valence-electron chi connectivity index (χ4n) is 4.95. The Morgan fingerprint density at radius 3 is 2.48 bits per heavy atom. The van der Waals surface area contributed by atoms with Crippen LogP contribution in [0.3, 0.4) is 0 Å². The minimum Gasteiger partial charge on any atom is -0.345 e. The molecule has 142 valence electrons. The SMILES string of the molecule is Cc1ccccc1-c1ccc(CN(C)[C@@H]2C[C@@H]3CC(=O)N(C)C[C@@H]3C2)cc1. The number of benzene rings is 2. The zero-order chi connectivity index (χ0) is 19.0. The predicted octanol–water partition coefficient (Wildman–Crippen LogP) is 4.35. The highest BCUT2D eigenvalue weighted by molar-refractivity contribution is 5.77. The van der Waals surface area contributed by atoms with Gasteiger partial charge in [-0.1, -0.05) is 48.5 Å². The van der Waals surface area contributed by atoms with Crippen LogP contribution in [0.5, 0.6) is 0 Å². The maximum atomic E-state index is 12.0. The molecule has 4 rings (SSSR count). The fraction of sp³-hybridized carbons (Fsp3) is 0.458. The van der Waals surface area contributed by atoms with Crippen LogP contribution in [0, 0.1) is 18.8 Å². The van der Waals surface area contributed by atoms with Crippen LogP contribution < -0.4 is 0 Å². The molecule has 27 heavy (non-hydrogen) atoms. The van der Waals surface area contributed by atoms with Crippen molar-refractivity contribution in [2.24, 2.45) is 11.8 Å². The van der Waals surface area contributed by atoms with Crippen LogP contribution in [-0.4, -0.2) is 42.4 Å². The Balaban J connectivity index is 1.39. The van der Waals surface area contributed by atoms with Crippen molar-refractivity contribution in [3.05, 3.63) is 59.7 Å². The lowest BCUT2D eigenvalue weighted by molar-refractivity contribution is -0.134. The van der Waals surface area contributed by atoms with E-state index in [-0.39, 0.29) is 0 Å². The second-order valence-corrected chi connectivity index (χ2v) is 8.55. The molecule has 1 saturated heterocycles. The van der Waals surface area contributed by atoms with E-state index in [9.17, 15) is 4.79 Å². The summed E-state index contributed by atoms with van der Waals surface area (Å²) in [7, 11) is 4.19. The van der Waals surface area contributed by atoms with E-state index < -0.39 is 0 Å². The highest BCUT2D eigenvalue weighted by Gasteiger charge is 2.41. The van der Waals surface area contributed by atoms with Crippen molar-refractivity contribution in [3.8, 4) is 11.1 Å². The highest BCUT2D eigenvalue weighted by atomic mass is 16.2. The Morgan fingerprint density at radius 1 is 1.04 bits per heavy atom. The molecule has 1 amide bonds. The molecule has 3 atom stereocenters. The summed E-state index contributed by atoms with van der Waals surface area (Å²) in [6.07, 6.45) is 3.14. The summed E-state index contributed by atoms with van der Waals surface area (Å²) in [6.45, 7) is 4.08. The Morgan fingerprint density at radius 2 is 1.74 bits per heavy atom. The molecule has 0 N–H and O–H groups in total. The molecule has 2 aliphatic rings. The first kappa shape index (κ1) is 18.2. The molecule has 0 aromatic heterocycles. The van der Waals surface area contributed by atoms with E-state index in [1.165, 1.54) is 35.1 Å². The number of carbonyl (C=O) groups excluding carboxylic acids is 1. The molecule has 1 aliphatic carbocycles. The average molecular weight is 363 g/mol. The molecule has 2 aromatic rings. The lowest BCUT2D eigenvalue weighted by atomic mass is 9.88. The van der Waals surface area contributed by atoms with Gasteiger partial charge in [0.25, 0.3) is 0 Å². The van der Waals surface area contributed by atoms with Crippen LogP contribution in [0.2, 0.25) is 0 Å². The molecule has 2 fully saturated rings. The van der Waals surface area contributed by atoms with Crippen molar-refractivity contribution in [1.29, 1.82) is 0 Å². The summed E-state index contributed by atoms with van der Waals surface area (Å²) in [5, 5.41) is 0. The van der Waals surface area contributed by atoms with Gasteiger partial charge in [-0.15, -0.1) is 0 Å². The number of nitrogens with zero attached hydrogens (tertiary/aromatic N) is 2. The summed E-state index contributed by atoms with van der Waals surface area (Å²) in [5.74, 6) is 1.60. The van der Waals surface area contributed by atoms with E-state index in [2.05, 4.69) is 67.4 Å². The standard InChI is InChI=1S/C24H30N2O/c1-17-6-4-5-7-23(17)19-10-8-18(9-11-19)15-25(2)22-12-20-14-24(27)26(3)16-21(20)13-22/h4-11,20-22H,12-16H2,1-3H3/t20-,21+,22-/m1/s1. The fourth-order valence-corrected chi connectivity index (χ4v) is 4.95. The number of likely N-dealkylation sites (tertiary alicyclic amines) is 1. The second-order valence-electron chi connectivity index (χ2n) is 8.55. The van der Waals surface area contributed by atoms with Gasteiger partial charge in [-0.05, 0) is 60.9 Å². The zero-order valence-corrected chi connectivity index (χ0v) is 16.7. The molecule has 1 aliphatic heterocycles. The molecule has 1 heterocycles. The van der Waals surface area contributed by atoms with Gasteiger partial charge in [0, 0.05) is 32.6 Å². The smallest absolute Gasteiger partial charge is 0.222 e. The Kier molecular flexibility index (Phi) is 5.05. The molecule has 0 bridgehead atoms. The maximum absolute atomic E-state index is 12.0. The quantitative estimate of drug-likeness (QED) is 0.807. The van der Waals surface area contributed by atoms with Crippen molar-refractivity contribution in [2.75, 3.05) is 20.6 Å². The topological polar surface area (TPSA) is 23.6 Å². The van der Waals surface area contributed by atoms with Gasteiger partial charge in [0.2, 0.25) is 5.91 Å². The van der Waals surface area contributed by atoms with E-state index in [0.717, 1.165) is 19.5 Å². The second kappa shape index (κ2) is 7.47. The normalized spacial score (nSPS) is 25.1. The third kappa shape index (κ3) is 3.79. The summed E-state index contributed by atoms with van der Waals surface area (Å²) in [4.78, 5) is 16.4. The van der Waals surface area contributed by atoms with E-state index in [4.69, 9.17) is 0 Å². The van der Waals surface area contributed by atoms with E-state index in [1.54, 1.807) is 0 Å². The number of carbonyl (C=O) groups is 1. The third-order valence-corrected chi connectivity index (χ3v) is 6.65. The van der Waals surface area contributed by atoms with Crippen molar-refractivity contribution in [2.45, 2.75) is 38.8 Å². The van der Waals surface area contributed by atoms with E-state index in [0.29, 0.717) is 23.8 Å². The Hall–Kier alpha value is -2.13. The summed E-state index contributed by atoms with van der Waals surface area (Å²) < 4.78 is 0. The van der Waals surface area contributed by atoms with Gasteiger partial charge < -0.3 is 4.90 Å².